The lowest BCUT2D eigenvalue weighted by molar-refractivity contribution is -0.385. The van der Waals surface area contributed by atoms with Gasteiger partial charge < -0.3 is 15.2 Å². The molecule has 0 fully saturated rings. The molecule has 9 nitrogen and oxygen atoms in total. The lowest BCUT2D eigenvalue weighted by Gasteiger charge is -2.34. The molecule has 2 aromatic carbocycles. The predicted octanol–water partition coefficient (Wildman–Crippen LogP) is 3.83. The van der Waals surface area contributed by atoms with Crippen molar-refractivity contribution in [1.29, 1.82) is 0 Å². The van der Waals surface area contributed by atoms with Crippen LogP contribution in [0.15, 0.2) is 54.9 Å². The highest BCUT2D eigenvalue weighted by Gasteiger charge is 2.73. The van der Waals surface area contributed by atoms with Crippen molar-refractivity contribution in [3.63, 3.8) is 0 Å². The molecule has 2 atom stereocenters. The molecule has 2 aliphatic rings. The Morgan fingerprint density at radius 1 is 1.24 bits per heavy atom. The van der Waals surface area contributed by atoms with E-state index in [1.54, 1.807) is 18.2 Å². The van der Waals surface area contributed by atoms with Crippen molar-refractivity contribution >= 4 is 29.0 Å². The topological polar surface area (TPSA) is 132 Å². The van der Waals surface area contributed by atoms with E-state index in [0.717, 1.165) is 5.56 Å². The molecule has 172 valence electrons. The molecule has 1 aromatic heterocycles. The van der Waals surface area contributed by atoms with Crippen molar-refractivity contribution < 1.29 is 24.4 Å². The zero-order valence-corrected chi connectivity index (χ0v) is 18.8. The molecule has 0 saturated heterocycles. The van der Waals surface area contributed by atoms with Crippen LogP contribution >= 0.6 is 11.6 Å². The summed E-state index contributed by atoms with van der Waals surface area (Å²) in [6, 6.07) is 10.3. The number of Topliss-reactive ketones (excluding diaryl/α,β-unsaturated/α-hetero) is 1. The number of halogens is 1. The minimum Gasteiger partial charge on any atom is -0.454 e. The average Bonchev–Trinajstić information content (AvgIpc) is 3.16. The first-order valence-electron chi connectivity index (χ1n) is 10.4. The summed E-state index contributed by atoms with van der Waals surface area (Å²) in [6.45, 7) is 3.94. The highest BCUT2D eigenvalue weighted by atomic mass is 35.5. The Kier molecular flexibility index (Phi) is 4.75. The second kappa shape index (κ2) is 7.34. The third kappa shape index (κ3) is 2.74. The normalized spacial score (nSPS) is 22.1. The third-order valence-electron chi connectivity index (χ3n) is 6.33. The molecule has 2 N–H and O–H groups in total. The molecule has 5 rings (SSSR count). The van der Waals surface area contributed by atoms with Gasteiger partial charge in [-0.25, -0.2) is 0 Å². The van der Waals surface area contributed by atoms with Gasteiger partial charge in [0.2, 0.25) is 11.3 Å². The number of rotatable bonds is 4. The maximum atomic E-state index is 14.0. The highest BCUT2D eigenvalue weighted by Crippen LogP contribution is 2.59. The molecule has 0 bridgehead atoms. The van der Waals surface area contributed by atoms with E-state index in [-0.39, 0.29) is 38.9 Å². The Balaban J connectivity index is 1.77. The third-order valence-corrected chi connectivity index (χ3v) is 6.63. The molecular weight excluding hydrogens is 462 g/mol. The number of aliphatic hydroxyl groups is 1. The Morgan fingerprint density at radius 3 is 2.68 bits per heavy atom. The van der Waals surface area contributed by atoms with Gasteiger partial charge in [-0.15, -0.1) is 0 Å². The SMILES string of the molecule is CC(C)c1ccc2c(c1)OC1(O)c3cccc([N+](=O)[O-])c3C(=O)C21NC(=O)c1ccncc1Cl. The number of ketones is 1. The fourth-order valence-corrected chi connectivity index (χ4v) is 4.86. The maximum Gasteiger partial charge on any atom is 0.280 e. The van der Waals surface area contributed by atoms with Crippen LogP contribution in [0, 0.1) is 10.1 Å². The Bertz CT molecular complexity index is 1410. The number of nitrogens with one attached hydrogen (secondary N) is 1. The maximum absolute atomic E-state index is 14.0. The van der Waals surface area contributed by atoms with Crippen molar-refractivity contribution in [2.75, 3.05) is 0 Å². The lowest BCUT2D eigenvalue weighted by Crippen LogP contribution is -2.60. The summed E-state index contributed by atoms with van der Waals surface area (Å²) in [6.07, 6.45) is 2.62. The molecule has 0 spiro atoms. The van der Waals surface area contributed by atoms with Crippen molar-refractivity contribution in [2.45, 2.75) is 31.1 Å². The van der Waals surface area contributed by atoms with E-state index in [1.165, 1.54) is 36.7 Å². The summed E-state index contributed by atoms with van der Waals surface area (Å²) in [7, 11) is 0. The van der Waals surface area contributed by atoms with E-state index in [9.17, 15) is 24.8 Å². The van der Waals surface area contributed by atoms with Gasteiger partial charge in [0.25, 0.3) is 17.4 Å². The largest absolute Gasteiger partial charge is 0.454 e. The first-order valence-corrected chi connectivity index (χ1v) is 10.8. The molecule has 1 amide bonds. The molecule has 1 aliphatic heterocycles. The molecule has 2 heterocycles. The van der Waals surface area contributed by atoms with Gasteiger partial charge in [0, 0.05) is 29.6 Å². The van der Waals surface area contributed by atoms with Crippen LogP contribution in [-0.4, -0.2) is 26.7 Å². The van der Waals surface area contributed by atoms with Crippen molar-refractivity contribution in [3.05, 3.63) is 97.8 Å². The molecule has 2 unspecified atom stereocenters. The van der Waals surface area contributed by atoms with E-state index < -0.39 is 33.6 Å². The van der Waals surface area contributed by atoms with Gasteiger partial charge in [-0.05, 0) is 23.6 Å². The number of nitro benzene ring substituents is 1. The van der Waals surface area contributed by atoms with Crippen molar-refractivity contribution in [2.24, 2.45) is 0 Å². The molecule has 34 heavy (non-hydrogen) atoms. The van der Waals surface area contributed by atoms with Crippen LogP contribution in [0.5, 0.6) is 5.75 Å². The minimum atomic E-state index is -2.42. The summed E-state index contributed by atoms with van der Waals surface area (Å²) >= 11 is 6.14. The predicted molar refractivity (Wildman–Crippen MR) is 121 cm³/mol. The number of hydrogen-bond acceptors (Lipinski definition) is 7. The van der Waals surface area contributed by atoms with Gasteiger partial charge in [0.1, 0.15) is 11.3 Å². The first kappa shape index (κ1) is 22.0. The number of nitro groups is 1. The molecule has 1 aliphatic carbocycles. The second-order valence-electron chi connectivity index (χ2n) is 8.50. The number of fused-ring (bicyclic) bond motifs is 5. The van der Waals surface area contributed by atoms with Crippen LogP contribution in [0.4, 0.5) is 5.69 Å². The Labute approximate surface area is 198 Å². The number of carbonyl (C=O) groups excluding carboxylic acids is 2. The summed E-state index contributed by atoms with van der Waals surface area (Å²) in [5.41, 5.74) is -2.01. The van der Waals surface area contributed by atoms with Crippen LogP contribution in [-0.2, 0) is 11.3 Å². The first-order chi connectivity index (χ1) is 16.1. The van der Waals surface area contributed by atoms with Gasteiger partial charge in [-0.3, -0.25) is 24.7 Å². The smallest absolute Gasteiger partial charge is 0.280 e. The number of benzene rings is 2. The quantitative estimate of drug-likeness (QED) is 0.429. The highest BCUT2D eigenvalue weighted by molar-refractivity contribution is 6.33. The van der Waals surface area contributed by atoms with Crippen molar-refractivity contribution in [1.82, 2.24) is 10.3 Å². The number of amides is 1. The number of nitrogens with zero attached hydrogens (tertiary/aromatic N) is 2. The minimum absolute atomic E-state index is 0.0129. The standard InChI is InChI=1S/C24H18ClN3O6/c1-12(2)13-6-7-15-19(10-13)34-24(31)16-4-3-5-18(28(32)33)20(16)21(29)23(15,24)27-22(30)14-8-9-26-11-17(14)25/h3-12,31H,1-2H3,(H,27,30). The number of aromatic nitrogens is 1. The fraction of sp³-hybridized carbons (Fsp3) is 0.208. The van der Waals surface area contributed by atoms with Crippen LogP contribution in [0.1, 0.15) is 57.2 Å². The summed E-state index contributed by atoms with van der Waals surface area (Å²) < 4.78 is 5.96. The number of pyridine rings is 1. The molecule has 3 aromatic rings. The van der Waals surface area contributed by atoms with E-state index in [1.807, 2.05) is 13.8 Å². The Hall–Kier alpha value is -3.82. The zero-order valence-electron chi connectivity index (χ0n) is 18.0. The lowest BCUT2D eigenvalue weighted by atomic mass is 9.82. The Morgan fingerprint density at radius 2 is 2.00 bits per heavy atom. The van der Waals surface area contributed by atoms with E-state index in [4.69, 9.17) is 16.3 Å². The second-order valence-corrected chi connectivity index (χ2v) is 8.91. The molecule has 0 radical (unpaired) electrons. The zero-order chi connectivity index (χ0) is 24.4. The van der Waals surface area contributed by atoms with Crippen LogP contribution in [0.3, 0.4) is 0 Å². The van der Waals surface area contributed by atoms with Crippen LogP contribution in [0.25, 0.3) is 0 Å². The number of hydrogen-bond donors (Lipinski definition) is 2. The molecular formula is C24H18ClN3O6. The summed E-state index contributed by atoms with van der Waals surface area (Å²) in [5, 5.41) is 26.3. The average molecular weight is 480 g/mol. The monoisotopic (exact) mass is 479 g/mol. The van der Waals surface area contributed by atoms with E-state index in [0.29, 0.717) is 0 Å². The van der Waals surface area contributed by atoms with Gasteiger partial charge in [-0.2, -0.15) is 0 Å². The van der Waals surface area contributed by atoms with Crippen molar-refractivity contribution in [3.8, 4) is 5.75 Å². The number of ether oxygens (including phenoxy) is 1. The van der Waals surface area contributed by atoms with Gasteiger partial charge in [-0.1, -0.05) is 49.7 Å². The molecule has 10 heteroatoms. The van der Waals surface area contributed by atoms with Crippen LogP contribution in [0.2, 0.25) is 5.02 Å². The van der Waals surface area contributed by atoms with E-state index >= 15 is 0 Å². The van der Waals surface area contributed by atoms with Gasteiger partial charge >= 0.3 is 0 Å². The molecule has 0 saturated carbocycles. The summed E-state index contributed by atoms with van der Waals surface area (Å²) in [4.78, 5) is 42.1. The fourth-order valence-electron chi connectivity index (χ4n) is 4.65. The van der Waals surface area contributed by atoms with Crippen LogP contribution < -0.4 is 10.1 Å². The number of carbonyl (C=O) groups is 2. The van der Waals surface area contributed by atoms with E-state index in [2.05, 4.69) is 10.3 Å². The summed E-state index contributed by atoms with van der Waals surface area (Å²) in [5.74, 6) is -3.74. The van der Waals surface area contributed by atoms with Gasteiger partial charge in [0.05, 0.1) is 15.5 Å². The van der Waals surface area contributed by atoms with Gasteiger partial charge in [0.15, 0.2) is 0 Å².